The maximum absolute atomic E-state index is 11.9. The average Bonchev–Trinajstić information content (AvgIpc) is 3.51. The fourth-order valence-corrected chi connectivity index (χ4v) is 4.17. The van der Waals surface area contributed by atoms with Crippen molar-refractivity contribution in [3.8, 4) is 11.1 Å². The minimum absolute atomic E-state index is 0.150. The minimum Gasteiger partial charge on any atom is -0.466 e. The Bertz CT molecular complexity index is 1090. The number of ether oxygens (including phenoxy) is 2. The lowest BCUT2D eigenvalue weighted by Crippen LogP contribution is -2.12. The number of carbonyl (C=O) groups is 1. The number of aromatic nitrogens is 3. The topological polar surface area (TPSA) is 65.7 Å². The molecule has 0 bridgehead atoms. The molecular weight excluding hydrogens is 402 g/mol. The van der Waals surface area contributed by atoms with Gasteiger partial charge in [0.05, 0.1) is 24.4 Å². The first kappa shape index (κ1) is 22.5. The Morgan fingerprint density at radius 1 is 1.22 bits per heavy atom. The smallest absolute Gasteiger partial charge is 0.305 e. The molecule has 3 aromatic heterocycles. The summed E-state index contributed by atoms with van der Waals surface area (Å²) in [6.45, 7) is 7.73. The molecular formula is C26H33N3O3. The molecule has 0 amide bonds. The van der Waals surface area contributed by atoms with E-state index in [1.54, 1.807) is 0 Å². The number of rotatable bonds is 11. The quantitative estimate of drug-likeness (QED) is 0.393. The van der Waals surface area contributed by atoms with Crippen molar-refractivity contribution < 1.29 is 14.3 Å². The predicted molar refractivity (Wildman–Crippen MR) is 124 cm³/mol. The van der Waals surface area contributed by atoms with Gasteiger partial charge in [0.25, 0.3) is 0 Å². The van der Waals surface area contributed by atoms with Crippen molar-refractivity contribution in [3.05, 3.63) is 53.1 Å². The molecule has 0 atom stereocenters. The van der Waals surface area contributed by atoms with E-state index in [0.29, 0.717) is 32.0 Å². The van der Waals surface area contributed by atoms with Crippen molar-refractivity contribution in [1.29, 1.82) is 0 Å². The second-order valence-corrected chi connectivity index (χ2v) is 8.64. The molecule has 170 valence electrons. The molecule has 6 nitrogen and oxygen atoms in total. The largest absolute Gasteiger partial charge is 0.466 e. The molecule has 1 fully saturated rings. The van der Waals surface area contributed by atoms with E-state index in [4.69, 9.17) is 14.6 Å². The van der Waals surface area contributed by atoms with Crippen LogP contribution in [0.25, 0.3) is 16.6 Å². The van der Waals surface area contributed by atoms with Crippen LogP contribution in [0, 0.1) is 12.8 Å². The van der Waals surface area contributed by atoms with Crippen LogP contribution in [0.4, 0.5) is 0 Å². The standard InChI is InChI=1S/C26H33N3O3/c1-4-21-11-12-24-26(20-13-18(3)14-27-15-20)22(7-6-8-25(30)32-5-2)23(28-29(21)24)17-31-16-19-9-10-19/h11-15,19H,4-10,16-17H2,1-3H3. The SMILES string of the molecule is CCOC(=O)CCCc1c(COCC2CC2)nn2c(CC)ccc2c1-c1cncc(C)c1. The van der Waals surface area contributed by atoms with Crippen LogP contribution in [0.5, 0.6) is 0 Å². The summed E-state index contributed by atoms with van der Waals surface area (Å²) >= 11 is 0. The van der Waals surface area contributed by atoms with E-state index in [-0.39, 0.29) is 5.97 Å². The van der Waals surface area contributed by atoms with Gasteiger partial charge in [-0.2, -0.15) is 5.10 Å². The highest BCUT2D eigenvalue weighted by molar-refractivity contribution is 5.84. The van der Waals surface area contributed by atoms with Gasteiger partial charge in [-0.25, -0.2) is 4.52 Å². The lowest BCUT2D eigenvalue weighted by Gasteiger charge is -2.18. The second-order valence-electron chi connectivity index (χ2n) is 8.64. The third-order valence-electron chi connectivity index (χ3n) is 5.99. The van der Waals surface area contributed by atoms with Crippen LogP contribution in [0.15, 0.2) is 30.6 Å². The Morgan fingerprint density at radius 2 is 2.06 bits per heavy atom. The Labute approximate surface area is 190 Å². The number of hydrogen-bond acceptors (Lipinski definition) is 5. The van der Waals surface area contributed by atoms with Crippen LogP contribution in [0.1, 0.15) is 62.0 Å². The minimum atomic E-state index is -0.150. The highest BCUT2D eigenvalue weighted by atomic mass is 16.5. The summed E-state index contributed by atoms with van der Waals surface area (Å²) in [5.41, 5.74) is 7.67. The van der Waals surface area contributed by atoms with Gasteiger partial charge in [-0.15, -0.1) is 0 Å². The van der Waals surface area contributed by atoms with E-state index < -0.39 is 0 Å². The van der Waals surface area contributed by atoms with E-state index >= 15 is 0 Å². The molecule has 1 saturated carbocycles. The molecule has 0 aromatic carbocycles. The molecule has 0 aliphatic heterocycles. The van der Waals surface area contributed by atoms with Crippen LogP contribution in [0.3, 0.4) is 0 Å². The molecule has 0 saturated heterocycles. The second kappa shape index (κ2) is 10.3. The summed E-state index contributed by atoms with van der Waals surface area (Å²) in [6, 6.07) is 6.46. The highest BCUT2D eigenvalue weighted by Gasteiger charge is 2.23. The summed E-state index contributed by atoms with van der Waals surface area (Å²) in [6.07, 6.45) is 9.06. The number of carbonyl (C=O) groups excluding carboxylic acids is 1. The molecule has 0 N–H and O–H groups in total. The van der Waals surface area contributed by atoms with E-state index in [9.17, 15) is 4.79 Å². The van der Waals surface area contributed by atoms with Crippen molar-refractivity contribution in [2.24, 2.45) is 5.92 Å². The van der Waals surface area contributed by atoms with Crippen LogP contribution >= 0.6 is 0 Å². The normalized spacial score (nSPS) is 13.6. The molecule has 0 radical (unpaired) electrons. The van der Waals surface area contributed by atoms with Gasteiger partial charge < -0.3 is 9.47 Å². The number of esters is 1. The molecule has 3 aromatic rings. The predicted octanol–water partition coefficient (Wildman–Crippen LogP) is 5.08. The van der Waals surface area contributed by atoms with E-state index in [1.165, 1.54) is 18.5 Å². The van der Waals surface area contributed by atoms with Gasteiger partial charge in [0.2, 0.25) is 0 Å². The molecule has 0 spiro atoms. The monoisotopic (exact) mass is 435 g/mol. The molecule has 1 aliphatic rings. The third kappa shape index (κ3) is 5.18. The summed E-state index contributed by atoms with van der Waals surface area (Å²) in [5.74, 6) is 0.548. The summed E-state index contributed by atoms with van der Waals surface area (Å²) in [7, 11) is 0. The maximum Gasteiger partial charge on any atom is 0.305 e. The van der Waals surface area contributed by atoms with Gasteiger partial charge >= 0.3 is 5.97 Å². The molecule has 1 aliphatic carbocycles. The fourth-order valence-electron chi connectivity index (χ4n) is 4.17. The molecule has 3 heterocycles. The summed E-state index contributed by atoms with van der Waals surface area (Å²) in [4.78, 5) is 16.4. The van der Waals surface area contributed by atoms with Crippen molar-refractivity contribution in [2.45, 2.75) is 65.9 Å². The van der Waals surface area contributed by atoms with Crippen LogP contribution in [-0.4, -0.2) is 33.8 Å². The lowest BCUT2D eigenvalue weighted by atomic mass is 9.95. The molecule has 6 heteroatoms. The first-order valence-corrected chi connectivity index (χ1v) is 11.8. The fraction of sp³-hybridized carbons (Fsp3) is 0.500. The van der Waals surface area contributed by atoms with Crippen molar-refractivity contribution >= 4 is 11.5 Å². The highest BCUT2D eigenvalue weighted by Crippen LogP contribution is 2.34. The lowest BCUT2D eigenvalue weighted by molar-refractivity contribution is -0.143. The van der Waals surface area contributed by atoms with Gasteiger partial charge in [0.1, 0.15) is 0 Å². The molecule has 32 heavy (non-hydrogen) atoms. The Hall–Kier alpha value is -2.73. The number of fused-ring (bicyclic) bond motifs is 1. The van der Waals surface area contributed by atoms with E-state index in [0.717, 1.165) is 52.9 Å². The number of aryl methyl sites for hydroxylation is 2. The van der Waals surface area contributed by atoms with E-state index in [2.05, 4.69) is 41.5 Å². The number of hydrogen-bond donors (Lipinski definition) is 0. The van der Waals surface area contributed by atoms with Crippen LogP contribution in [-0.2, 0) is 33.7 Å². The Balaban J connectivity index is 1.76. The molecule has 0 unspecified atom stereocenters. The van der Waals surface area contributed by atoms with Crippen LogP contribution < -0.4 is 0 Å². The first-order valence-electron chi connectivity index (χ1n) is 11.8. The maximum atomic E-state index is 11.9. The van der Waals surface area contributed by atoms with Gasteiger partial charge in [0, 0.05) is 42.2 Å². The zero-order valence-electron chi connectivity index (χ0n) is 19.4. The Morgan fingerprint density at radius 3 is 2.78 bits per heavy atom. The van der Waals surface area contributed by atoms with Gasteiger partial charge in [-0.05, 0) is 81.2 Å². The van der Waals surface area contributed by atoms with Gasteiger partial charge in [0.15, 0.2) is 0 Å². The zero-order valence-corrected chi connectivity index (χ0v) is 19.4. The van der Waals surface area contributed by atoms with Crippen molar-refractivity contribution in [2.75, 3.05) is 13.2 Å². The van der Waals surface area contributed by atoms with Gasteiger partial charge in [-0.1, -0.05) is 6.92 Å². The zero-order chi connectivity index (χ0) is 22.5. The summed E-state index contributed by atoms with van der Waals surface area (Å²) in [5, 5.41) is 5.02. The average molecular weight is 436 g/mol. The van der Waals surface area contributed by atoms with Crippen LogP contribution in [0.2, 0.25) is 0 Å². The van der Waals surface area contributed by atoms with E-state index in [1.807, 2.05) is 19.3 Å². The number of pyridine rings is 1. The third-order valence-corrected chi connectivity index (χ3v) is 5.99. The van der Waals surface area contributed by atoms with Crippen molar-refractivity contribution in [1.82, 2.24) is 14.6 Å². The molecule has 4 rings (SSSR count). The van der Waals surface area contributed by atoms with Gasteiger partial charge in [-0.3, -0.25) is 9.78 Å². The number of nitrogens with zero attached hydrogens (tertiary/aromatic N) is 3. The Kier molecular flexibility index (Phi) is 7.20. The first-order chi connectivity index (χ1) is 15.6. The van der Waals surface area contributed by atoms with Crippen molar-refractivity contribution in [3.63, 3.8) is 0 Å². The summed E-state index contributed by atoms with van der Waals surface area (Å²) < 4.78 is 13.3.